The van der Waals surface area contributed by atoms with E-state index in [4.69, 9.17) is 15.2 Å². The number of benzene rings is 1. The maximum Gasteiger partial charge on any atom is 0.411 e. The Kier molecular flexibility index (Phi) is 3.49. The number of fused-ring (bicyclic) bond motifs is 1. The topological polar surface area (TPSA) is 44.5 Å². The van der Waals surface area contributed by atoms with E-state index in [0.717, 1.165) is 11.1 Å². The van der Waals surface area contributed by atoms with Crippen LogP contribution < -0.4 is 10.5 Å². The summed E-state index contributed by atoms with van der Waals surface area (Å²) in [5.41, 5.74) is 7.60. The zero-order valence-corrected chi connectivity index (χ0v) is 9.83. The summed E-state index contributed by atoms with van der Waals surface area (Å²) in [5.74, 6) is 0.640. The Balaban J connectivity index is 2.08. The molecule has 100 valence electrons. The van der Waals surface area contributed by atoms with Crippen molar-refractivity contribution in [1.29, 1.82) is 0 Å². The molecular formula is C12H14F3NO2. The first kappa shape index (κ1) is 13.2. The van der Waals surface area contributed by atoms with Crippen LogP contribution in [0.3, 0.4) is 0 Å². The molecule has 0 spiro atoms. The van der Waals surface area contributed by atoms with Crippen molar-refractivity contribution < 1.29 is 22.6 Å². The maximum atomic E-state index is 12.1. The fraction of sp³-hybridized carbons (Fsp3) is 0.500. The van der Waals surface area contributed by atoms with Gasteiger partial charge in [-0.2, -0.15) is 13.2 Å². The first-order valence-corrected chi connectivity index (χ1v) is 5.51. The molecule has 2 N–H and O–H groups in total. The van der Waals surface area contributed by atoms with E-state index in [-0.39, 0.29) is 0 Å². The van der Waals surface area contributed by atoms with Crippen molar-refractivity contribution in [1.82, 2.24) is 0 Å². The minimum Gasteiger partial charge on any atom is -0.497 e. The van der Waals surface area contributed by atoms with E-state index >= 15 is 0 Å². The van der Waals surface area contributed by atoms with Crippen LogP contribution in [0.15, 0.2) is 18.2 Å². The van der Waals surface area contributed by atoms with Crippen molar-refractivity contribution in [2.24, 2.45) is 5.73 Å². The lowest BCUT2D eigenvalue weighted by atomic mass is 10.1. The molecule has 2 rings (SSSR count). The number of nitrogens with two attached hydrogens (primary N) is 1. The summed E-state index contributed by atoms with van der Waals surface area (Å²) in [7, 11) is 1.53. The summed E-state index contributed by atoms with van der Waals surface area (Å²) >= 11 is 0. The van der Waals surface area contributed by atoms with Crippen LogP contribution in [0.2, 0.25) is 0 Å². The van der Waals surface area contributed by atoms with Crippen LogP contribution in [0.1, 0.15) is 17.2 Å². The summed E-state index contributed by atoms with van der Waals surface area (Å²) in [6, 6.07) is 4.78. The van der Waals surface area contributed by atoms with Crippen LogP contribution in [0.4, 0.5) is 13.2 Å². The van der Waals surface area contributed by atoms with Gasteiger partial charge in [0.15, 0.2) is 0 Å². The molecule has 0 saturated carbocycles. The molecule has 0 radical (unpaired) electrons. The third-order valence-electron chi connectivity index (χ3n) is 2.99. The molecule has 6 heteroatoms. The van der Waals surface area contributed by atoms with E-state index in [0.29, 0.717) is 12.2 Å². The van der Waals surface area contributed by atoms with Crippen LogP contribution in [-0.2, 0) is 11.2 Å². The van der Waals surface area contributed by atoms with Crippen LogP contribution in [0, 0.1) is 0 Å². The lowest BCUT2D eigenvalue weighted by molar-refractivity contribution is -0.186. The molecule has 1 aromatic rings. The molecule has 0 amide bonds. The number of hydrogen-bond donors (Lipinski definition) is 1. The SMILES string of the molecule is COc1ccc2c(c1)C(N)C(OCC(F)(F)F)C2. The highest BCUT2D eigenvalue weighted by Gasteiger charge is 2.35. The number of hydrogen-bond acceptors (Lipinski definition) is 3. The largest absolute Gasteiger partial charge is 0.497 e. The monoisotopic (exact) mass is 261 g/mol. The van der Waals surface area contributed by atoms with E-state index in [1.165, 1.54) is 7.11 Å². The van der Waals surface area contributed by atoms with Crippen molar-refractivity contribution in [2.75, 3.05) is 13.7 Å². The van der Waals surface area contributed by atoms with Gasteiger partial charge in [0.25, 0.3) is 0 Å². The molecule has 0 fully saturated rings. The minimum absolute atomic E-state index is 0.399. The van der Waals surface area contributed by atoms with Gasteiger partial charge < -0.3 is 15.2 Å². The molecule has 2 unspecified atom stereocenters. The van der Waals surface area contributed by atoms with E-state index in [1.807, 2.05) is 6.07 Å². The van der Waals surface area contributed by atoms with E-state index in [1.54, 1.807) is 12.1 Å². The van der Waals surface area contributed by atoms with Gasteiger partial charge in [-0.3, -0.25) is 0 Å². The van der Waals surface area contributed by atoms with Crippen molar-refractivity contribution in [2.45, 2.75) is 24.7 Å². The molecule has 0 heterocycles. The van der Waals surface area contributed by atoms with Gasteiger partial charge in [0.1, 0.15) is 12.4 Å². The molecule has 18 heavy (non-hydrogen) atoms. The highest BCUT2D eigenvalue weighted by Crippen LogP contribution is 2.34. The second kappa shape index (κ2) is 4.78. The van der Waals surface area contributed by atoms with Crippen LogP contribution >= 0.6 is 0 Å². The van der Waals surface area contributed by atoms with Crippen molar-refractivity contribution >= 4 is 0 Å². The van der Waals surface area contributed by atoms with E-state index < -0.39 is 24.9 Å². The molecule has 3 nitrogen and oxygen atoms in total. The summed E-state index contributed by atoms with van der Waals surface area (Å²) in [4.78, 5) is 0. The number of rotatable bonds is 3. The standard InChI is InChI=1S/C12H14F3NO2/c1-17-8-3-2-7-4-10(11(16)9(7)5-8)18-6-12(13,14)15/h2-3,5,10-11H,4,6,16H2,1H3. The van der Waals surface area contributed by atoms with Gasteiger partial charge in [0.05, 0.1) is 19.3 Å². The third kappa shape index (κ3) is 2.76. The zero-order chi connectivity index (χ0) is 13.3. The first-order valence-electron chi connectivity index (χ1n) is 5.51. The molecule has 1 aromatic carbocycles. The highest BCUT2D eigenvalue weighted by atomic mass is 19.4. The Morgan fingerprint density at radius 3 is 2.72 bits per heavy atom. The molecule has 2 atom stereocenters. The second-order valence-corrected chi connectivity index (χ2v) is 4.26. The van der Waals surface area contributed by atoms with Crippen molar-refractivity contribution in [3.05, 3.63) is 29.3 Å². The molecule has 0 aromatic heterocycles. The summed E-state index contributed by atoms with van der Waals surface area (Å²) in [6.45, 7) is -1.27. The Labute approximate surface area is 103 Å². The van der Waals surface area contributed by atoms with Gasteiger partial charge in [-0.1, -0.05) is 6.07 Å². The van der Waals surface area contributed by atoms with Crippen LogP contribution in [0.5, 0.6) is 5.75 Å². The van der Waals surface area contributed by atoms with Gasteiger partial charge in [0, 0.05) is 6.42 Å². The Hall–Kier alpha value is -1.27. The lowest BCUT2D eigenvalue weighted by Crippen LogP contribution is -2.29. The van der Waals surface area contributed by atoms with Crippen molar-refractivity contribution in [3.8, 4) is 5.75 Å². The zero-order valence-electron chi connectivity index (χ0n) is 9.83. The third-order valence-corrected chi connectivity index (χ3v) is 2.99. The van der Waals surface area contributed by atoms with Crippen LogP contribution in [0.25, 0.3) is 0 Å². The Bertz CT molecular complexity index is 434. The predicted molar refractivity (Wildman–Crippen MR) is 59.4 cm³/mol. The molecule has 1 aliphatic rings. The quantitative estimate of drug-likeness (QED) is 0.907. The van der Waals surface area contributed by atoms with E-state index in [2.05, 4.69) is 0 Å². The lowest BCUT2D eigenvalue weighted by Gasteiger charge is -2.18. The minimum atomic E-state index is -4.33. The molecule has 0 aliphatic heterocycles. The van der Waals surface area contributed by atoms with E-state index in [9.17, 15) is 13.2 Å². The molecule has 0 saturated heterocycles. The van der Waals surface area contributed by atoms with Gasteiger partial charge in [-0.15, -0.1) is 0 Å². The molecule has 1 aliphatic carbocycles. The first-order chi connectivity index (χ1) is 8.40. The average Bonchev–Trinajstić information content (AvgIpc) is 2.62. The smallest absolute Gasteiger partial charge is 0.411 e. The average molecular weight is 261 g/mol. The Morgan fingerprint density at radius 2 is 2.11 bits per heavy atom. The van der Waals surface area contributed by atoms with Crippen LogP contribution in [-0.4, -0.2) is 26.0 Å². The molecule has 0 bridgehead atoms. The summed E-state index contributed by atoms with van der Waals surface area (Å²) in [6.07, 6.45) is -4.56. The highest BCUT2D eigenvalue weighted by molar-refractivity contribution is 5.42. The Morgan fingerprint density at radius 1 is 1.39 bits per heavy atom. The van der Waals surface area contributed by atoms with Gasteiger partial charge in [-0.05, 0) is 23.3 Å². The molecular weight excluding hydrogens is 247 g/mol. The fourth-order valence-electron chi connectivity index (χ4n) is 2.10. The summed E-state index contributed by atoms with van der Waals surface area (Å²) < 4.78 is 46.2. The predicted octanol–water partition coefficient (Wildman–Crippen LogP) is 2.20. The normalized spacial score (nSPS) is 22.9. The number of methoxy groups -OCH3 is 1. The number of alkyl halides is 3. The van der Waals surface area contributed by atoms with Crippen molar-refractivity contribution in [3.63, 3.8) is 0 Å². The number of ether oxygens (including phenoxy) is 2. The van der Waals surface area contributed by atoms with Gasteiger partial charge in [0.2, 0.25) is 0 Å². The maximum absolute atomic E-state index is 12.1. The summed E-state index contributed by atoms with van der Waals surface area (Å²) in [5, 5.41) is 0. The number of halogens is 3. The second-order valence-electron chi connectivity index (χ2n) is 4.26. The van der Waals surface area contributed by atoms with Gasteiger partial charge >= 0.3 is 6.18 Å². The fourth-order valence-corrected chi connectivity index (χ4v) is 2.10. The van der Waals surface area contributed by atoms with Gasteiger partial charge in [-0.25, -0.2) is 0 Å².